The Morgan fingerprint density at radius 2 is 2.40 bits per heavy atom. The SMILES string of the molecule is COc1ccc2nc(CCCl)n(CC3CCOC3)c2c1. The van der Waals surface area contributed by atoms with Crippen LogP contribution < -0.4 is 4.74 Å². The van der Waals surface area contributed by atoms with E-state index >= 15 is 0 Å². The number of benzene rings is 1. The van der Waals surface area contributed by atoms with E-state index in [2.05, 4.69) is 10.6 Å². The number of aromatic nitrogens is 2. The highest BCUT2D eigenvalue weighted by Gasteiger charge is 2.19. The zero-order chi connectivity index (χ0) is 13.9. The molecule has 20 heavy (non-hydrogen) atoms. The molecule has 1 saturated heterocycles. The topological polar surface area (TPSA) is 36.3 Å². The number of ether oxygens (including phenoxy) is 2. The summed E-state index contributed by atoms with van der Waals surface area (Å²) in [6.07, 6.45) is 1.90. The number of hydrogen-bond donors (Lipinski definition) is 0. The smallest absolute Gasteiger partial charge is 0.121 e. The molecule has 108 valence electrons. The lowest BCUT2D eigenvalue weighted by Gasteiger charge is -2.13. The van der Waals surface area contributed by atoms with Crippen LogP contribution in [-0.2, 0) is 17.7 Å². The van der Waals surface area contributed by atoms with Crippen LogP contribution in [0.3, 0.4) is 0 Å². The summed E-state index contributed by atoms with van der Waals surface area (Å²) in [7, 11) is 1.69. The largest absolute Gasteiger partial charge is 0.497 e. The molecule has 1 aliphatic rings. The second kappa shape index (κ2) is 6.02. The Bertz CT molecular complexity index is 591. The number of fused-ring (bicyclic) bond motifs is 1. The molecule has 0 bridgehead atoms. The molecule has 3 rings (SSSR count). The van der Waals surface area contributed by atoms with Gasteiger partial charge in [-0.05, 0) is 18.6 Å². The summed E-state index contributed by atoms with van der Waals surface area (Å²) in [5.74, 6) is 3.06. The molecule has 1 aliphatic heterocycles. The molecule has 0 N–H and O–H groups in total. The number of aryl methyl sites for hydroxylation is 1. The van der Waals surface area contributed by atoms with Gasteiger partial charge in [0.15, 0.2) is 0 Å². The number of methoxy groups -OCH3 is 1. The van der Waals surface area contributed by atoms with Crippen molar-refractivity contribution >= 4 is 22.6 Å². The van der Waals surface area contributed by atoms with E-state index in [0.29, 0.717) is 11.8 Å². The maximum Gasteiger partial charge on any atom is 0.121 e. The van der Waals surface area contributed by atoms with Crippen molar-refractivity contribution in [3.8, 4) is 5.75 Å². The zero-order valence-corrected chi connectivity index (χ0v) is 12.4. The van der Waals surface area contributed by atoms with Crippen LogP contribution in [0.2, 0.25) is 0 Å². The molecule has 0 aliphatic carbocycles. The summed E-state index contributed by atoms with van der Waals surface area (Å²) in [6.45, 7) is 2.64. The first-order valence-corrected chi connectivity index (χ1v) is 7.52. The van der Waals surface area contributed by atoms with Crippen LogP contribution in [0.1, 0.15) is 12.2 Å². The molecule has 0 amide bonds. The summed E-state index contributed by atoms with van der Waals surface area (Å²) >= 11 is 5.91. The summed E-state index contributed by atoms with van der Waals surface area (Å²) in [5, 5.41) is 0. The second-order valence-corrected chi connectivity index (χ2v) is 5.54. The van der Waals surface area contributed by atoms with E-state index in [1.54, 1.807) is 7.11 Å². The normalized spacial score (nSPS) is 18.8. The quantitative estimate of drug-likeness (QED) is 0.796. The molecule has 4 nitrogen and oxygen atoms in total. The summed E-state index contributed by atoms with van der Waals surface area (Å²) in [6, 6.07) is 6.01. The fourth-order valence-corrected chi connectivity index (χ4v) is 2.91. The van der Waals surface area contributed by atoms with Crippen molar-refractivity contribution in [3.05, 3.63) is 24.0 Å². The van der Waals surface area contributed by atoms with Crippen LogP contribution in [-0.4, -0.2) is 35.8 Å². The van der Waals surface area contributed by atoms with Crippen LogP contribution in [0.25, 0.3) is 11.0 Å². The standard InChI is InChI=1S/C15H19ClN2O2/c1-19-12-2-3-13-14(8-12)18(15(17-13)4-6-16)9-11-5-7-20-10-11/h2-3,8,11H,4-7,9-10H2,1H3. The van der Waals surface area contributed by atoms with Gasteiger partial charge >= 0.3 is 0 Å². The average molecular weight is 295 g/mol. The van der Waals surface area contributed by atoms with E-state index in [9.17, 15) is 0 Å². The summed E-state index contributed by atoms with van der Waals surface area (Å²) in [4.78, 5) is 4.70. The van der Waals surface area contributed by atoms with Gasteiger partial charge in [-0.3, -0.25) is 0 Å². The van der Waals surface area contributed by atoms with Gasteiger partial charge in [0, 0.05) is 37.4 Å². The third kappa shape index (κ3) is 2.63. The Kier molecular flexibility index (Phi) is 4.13. The third-order valence-corrected chi connectivity index (χ3v) is 4.01. The lowest BCUT2D eigenvalue weighted by atomic mass is 10.1. The molecule has 0 spiro atoms. The van der Waals surface area contributed by atoms with E-state index in [1.165, 1.54) is 0 Å². The van der Waals surface area contributed by atoms with E-state index in [4.69, 9.17) is 26.1 Å². The number of alkyl halides is 1. The Hall–Kier alpha value is -1.26. The number of nitrogens with zero attached hydrogens (tertiary/aromatic N) is 2. The predicted octanol–water partition coefficient (Wildman–Crippen LogP) is 2.86. The molecule has 1 aromatic heterocycles. The van der Waals surface area contributed by atoms with Crippen LogP contribution in [0.15, 0.2) is 18.2 Å². The Morgan fingerprint density at radius 3 is 3.10 bits per heavy atom. The van der Waals surface area contributed by atoms with Crippen molar-refractivity contribution in [2.24, 2.45) is 5.92 Å². The van der Waals surface area contributed by atoms with Gasteiger partial charge in [-0.15, -0.1) is 11.6 Å². The number of halogens is 1. The minimum absolute atomic E-state index is 0.563. The lowest BCUT2D eigenvalue weighted by molar-refractivity contribution is 0.182. The van der Waals surface area contributed by atoms with Crippen molar-refractivity contribution in [2.45, 2.75) is 19.4 Å². The van der Waals surface area contributed by atoms with Gasteiger partial charge in [0.1, 0.15) is 11.6 Å². The first-order valence-electron chi connectivity index (χ1n) is 6.98. The van der Waals surface area contributed by atoms with Crippen LogP contribution in [0.4, 0.5) is 0 Å². The molecule has 0 saturated carbocycles. The van der Waals surface area contributed by atoms with Crippen molar-refractivity contribution in [3.63, 3.8) is 0 Å². The summed E-state index contributed by atoms with van der Waals surface area (Å²) < 4.78 is 13.1. The molecular weight excluding hydrogens is 276 g/mol. The molecule has 1 aromatic carbocycles. The van der Waals surface area contributed by atoms with Gasteiger partial charge < -0.3 is 14.0 Å². The minimum atomic E-state index is 0.563. The highest BCUT2D eigenvalue weighted by molar-refractivity contribution is 6.17. The van der Waals surface area contributed by atoms with E-state index < -0.39 is 0 Å². The van der Waals surface area contributed by atoms with Crippen molar-refractivity contribution < 1.29 is 9.47 Å². The molecule has 0 radical (unpaired) electrons. The van der Waals surface area contributed by atoms with Gasteiger partial charge in [0.05, 0.1) is 24.8 Å². The maximum atomic E-state index is 5.91. The third-order valence-electron chi connectivity index (χ3n) is 3.82. The van der Waals surface area contributed by atoms with E-state index in [0.717, 1.165) is 55.2 Å². The predicted molar refractivity (Wildman–Crippen MR) is 79.6 cm³/mol. The van der Waals surface area contributed by atoms with Crippen molar-refractivity contribution in [2.75, 3.05) is 26.2 Å². The van der Waals surface area contributed by atoms with Crippen molar-refractivity contribution in [1.82, 2.24) is 9.55 Å². The molecule has 1 atom stereocenters. The molecular formula is C15H19ClN2O2. The number of imidazole rings is 1. The number of hydrogen-bond acceptors (Lipinski definition) is 3. The highest BCUT2D eigenvalue weighted by Crippen LogP contribution is 2.25. The first kappa shape index (κ1) is 13.7. The van der Waals surface area contributed by atoms with Gasteiger partial charge in [0.25, 0.3) is 0 Å². The second-order valence-electron chi connectivity index (χ2n) is 5.16. The molecule has 2 heterocycles. The van der Waals surface area contributed by atoms with Crippen molar-refractivity contribution in [1.29, 1.82) is 0 Å². The molecule has 2 aromatic rings. The Balaban J connectivity index is 2.01. The monoisotopic (exact) mass is 294 g/mol. The van der Waals surface area contributed by atoms with Crippen LogP contribution >= 0.6 is 11.6 Å². The zero-order valence-electron chi connectivity index (χ0n) is 11.6. The fourth-order valence-electron chi connectivity index (χ4n) is 2.74. The minimum Gasteiger partial charge on any atom is -0.497 e. The molecule has 1 fully saturated rings. The fraction of sp³-hybridized carbons (Fsp3) is 0.533. The van der Waals surface area contributed by atoms with Gasteiger partial charge in [-0.25, -0.2) is 4.98 Å². The lowest BCUT2D eigenvalue weighted by Crippen LogP contribution is -2.13. The summed E-state index contributed by atoms with van der Waals surface area (Å²) in [5.41, 5.74) is 2.13. The van der Waals surface area contributed by atoms with E-state index in [-0.39, 0.29) is 0 Å². The molecule has 5 heteroatoms. The van der Waals surface area contributed by atoms with E-state index in [1.807, 2.05) is 12.1 Å². The Morgan fingerprint density at radius 1 is 1.50 bits per heavy atom. The van der Waals surface area contributed by atoms with Crippen LogP contribution in [0.5, 0.6) is 5.75 Å². The average Bonchev–Trinajstić information content (AvgIpc) is 3.08. The Labute approximate surface area is 123 Å². The highest BCUT2D eigenvalue weighted by atomic mass is 35.5. The van der Waals surface area contributed by atoms with Gasteiger partial charge in [-0.1, -0.05) is 0 Å². The van der Waals surface area contributed by atoms with Crippen LogP contribution in [0, 0.1) is 5.92 Å². The number of rotatable bonds is 5. The van der Waals surface area contributed by atoms with Gasteiger partial charge in [-0.2, -0.15) is 0 Å². The maximum absolute atomic E-state index is 5.91. The van der Waals surface area contributed by atoms with Gasteiger partial charge in [0.2, 0.25) is 0 Å². The first-order chi connectivity index (χ1) is 9.81. The molecule has 1 unspecified atom stereocenters.